The van der Waals surface area contributed by atoms with Gasteiger partial charge in [-0.05, 0) is 63.6 Å². The monoisotopic (exact) mass is 458 g/mol. The highest BCUT2D eigenvalue weighted by molar-refractivity contribution is 14.1. The SMILES string of the molecule is CCOc1cc2nn(-c3cccc(I)c3)nc2c(Br)c1N. The van der Waals surface area contributed by atoms with E-state index in [-0.39, 0.29) is 0 Å². The summed E-state index contributed by atoms with van der Waals surface area (Å²) < 4.78 is 7.36. The summed E-state index contributed by atoms with van der Waals surface area (Å²) in [4.78, 5) is 1.60. The van der Waals surface area contributed by atoms with Gasteiger partial charge in [-0.25, -0.2) is 0 Å². The van der Waals surface area contributed by atoms with E-state index in [1.54, 1.807) is 4.80 Å². The third-order valence-corrected chi connectivity index (χ3v) is 4.43. The molecule has 0 saturated carbocycles. The number of ether oxygens (including phenoxy) is 1. The van der Waals surface area contributed by atoms with Gasteiger partial charge in [0.05, 0.1) is 22.5 Å². The van der Waals surface area contributed by atoms with Gasteiger partial charge in [0, 0.05) is 9.64 Å². The largest absolute Gasteiger partial charge is 0.492 e. The first-order chi connectivity index (χ1) is 10.1. The van der Waals surface area contributed by atoms with Crippen LogP contribution in [0.1, 0.15) is 6.92 Å². The molecule has 1 aromatic heterocycles. The van der Waals surface area contributed by atoms with E-state index < -0.39 is 0 Å². The minimum Gasteiger partial charge on any atom is -0.492 e. The van der Waals surface area contributed by atoms with Crippen LogP contribution in [0.4, 0.5) is 5.69 Å². The molecule has 2 aromatic carbocycles. The molecular formula is C14H12BrIN4O. The number of hydrogen-bond donors (Lipinski definition) is 1. The minimum absolute atomic E-state index is 0.541. The average molecular weight is 459 g/mol. The second kappa shape index (κ2) is 5.80. The van der Waals surface area contributed by atoms with Crippen LogP contribution in [0, 0.1) is 3.57 Å². The van der Waals surface area contributed by atoms with Gasteiger partial charge in [-0.15, -0.1) is 10.2 Å². The molecule has 0 spiro atoms. The number of anilines is 1. The summed E-state index contributed by atoms with van der Waals surface area (Å²) in [5.74, 6) is 0.617. The van der Waals surface area contributed by atoms with Crippen LogP contribution in [-0.2, 0) is 0 Å². The smallest absolute Gasteiger partial charge is 0.145 e. The number of nitrogen functional groups attached to an aromatic ring is 1. The first-order valence-corrected chi connectivity index (χ1v) is 8.21. The number of benzene rings is 2. The molecule has 3 rings (SSSR count). The highest BCUT2D eigenvalue weighted by Crippen LogP contribution is 2.36. The molecule has 5 nitrogen and oxygen atoms in total. The van der Waals surface area contributed by atoms with Gasteiger partial charge >= 0.3 is 0 Å². The highest BCUT2D eigenvalue weighted by atomic mass is 127. The molecule has 1 heterocycles. The van der Waals surface area contributed by atoms with E-state index in [0.29, 0.717) is 22.5 Å². The van der Waals surface area contributed by atoms with Crippen LogP contribution < -0.4 is 10.5 Å². The molecule has 0 aliphatic rings. The first kappa shape index (κ1) is 14.6. The molecule has 0 unspecified atom stereocenters. The Morgan fingerprint density at radius 2 is 2.14 bits per heavy atom. The van der Waals surface area contributed by atoms with Gasteiger partial charge in [0.15, 0.2) is 0 Å². The van der Waals surface area contributed by atoms with Gasteiger partial charge < -0.3 is 10.5 Å². The fourth-order valence-corrected chi connectivity index (χ4v) is 3.00. The molecule has 21 heavy (non-hydrogen) atoms. The molecule has 0 radical (unpaired) electrons. The predicted molar refractivity (Wildman–Crippen MR) is 94.9 cm³/mol. The fraction of sp³-hybridized carbons (Fsp3) is 0.143. The molecule has 7 heteroatoms. The second-order valence-corrected chi connectivity index (χ2v) is 6.41. The topological polar surface area (TPSA) is 66.0 Å². The first-order valence-electron chi connectivity index (χ1n) is 6.34. The Balaban J connectivity index is 2.18. The van der Waals surface area contributed by atoms with Crippen molar-refractivity contribution in [2.24, 2.45) is 0 Å². The maximum absolute atomic E-state index is 6.06. The molecule has 0 bridgehead atoms. The van der Waals surface area contributed by atoms with Crippen molar-refractivity contribution in [3.63, 3.8) is 0 Å². The van der Waals surface area contributed by atoms with Gasteiger partial charge in [0.1, 0.15) is 16.8 Å². The summed E-state index contributed by atoms with van der Waals surface area (Å²) in [6.45, 7) is 2.47. The number of fused-ring (bicyclic) bond motifs is 1. The van der Waals surface area contributed by atoms with Crippen molar-refractivity contribution in [2.45, 2.75) is 6.92 Å². The molecule has 0 atom stereocenters. The van der Waals surface area contributed by atoms with E-state index in [2.05, 4.69) is 48.7 Å². The maximum atomic E-state index is 6.06. The summed E-state index contributed by atoms with van der Waals surface area (Å²) in [7, 11) is 0. The molecule has 108 valence electrons. The van der Waals surface area contributed by atoms with E-state index in [9.17, 15) is 0 Å². The summed E-state index contributed by atoms with van der Waals surface area (Å²) in [6.07, 6.45) is 0. The Hall–Kier alpha value is -1.35. The van der Waals surface area contributed by atoms with Gasteiger partial charge in [0.25, 0.3) is 0 Å². The van der Waals surface area contributed by atoms with Crippen molar-refractivity contribution >= 4 is 55.2 Å². The maximum Gasteiger partial charge on any atom is 0.145 e. The molecule has 0 fully saturated rings. The molecule has 0 aliphatic heterocycles. The summed E-state index contributed by atoms with van der Waals surface area (Å²) in [5, 5.41) is 9.01. The van der Waals surface area contributed by atoms with Crippen LogP contribution in [0.15, 0.2) is 34.8 Å². The molecule has 2 N–H and O–H groups in total. The van der Waals surface area contributed by atoms with E-state index in [0.717, 1.165) is 20.3 Å². The number of halogens is 2. The van der Waals surface area contributed by atoms with E-state index in [1.165, 1.54) is 0 Å². The second-order valence-electron chi connectivity index (χ2n) is 4.37. The Morgan fingerprint density at radius 1 is 1.33 bits per heavy atom. The van der Waals surface area contributed by atoms with Crippen LogP contribution >= 0.6 is 38.5 Å². The van der Waals surface area contributed by atoms with E-state index >= 15 is 0 Å². The zero-order valence-electron chi connectivity index (χ0n) is 11.2. The Labute approximate surface area is 143 Å². The molecule has 3 aromatic rings. The number of aromatic nitrogens is 3. The van der Waals surface area contributed by atoms with Crippen molar-refractivity contribution in [1.82, 2.24) is 15.0 Å². The lowest BCUT2D eigenvalue weighted by atomic mass is 10.2. The Bertz CT molecular complexity index is 818. The number of nitrogens with two attached hydrogens (primary N) is 1. The number of nitrogens with zero attached hydrogens (tertiary/aromatic N) is 3. The van der Waals surface area contributed by atoms with Gasteiger partial charge in [0.2, 0.25) is 0 Å². The van der Waals surface area contributed by atoms with Gasteiger partial charge in [-0.1, -0.05) is 6.07 Å². The lowest BCUT2D eigenvalue weighted by Gasteiger charge is -2.07. The van der Waals surface area contributed by atoms with Crippen molar-refractivity contribution in [3.05, 3.63) is 38.4 Å². The summed E-state index contributed by atoms with van der Waals surface area (Å²) >= 11 is 5.74. The summed E-state index contributed by atoms with van der Waals surface area (Å²) in [6, 6.07) is 9.78. The quantitative estimate of drug-likeness (QED) is 0.479. The number of hydrogen-bond acceptors (Lipinski definition) is 4. The van der Waals surface area contributed by atoms with Gasteiger partial charge in [-0.3, -0.25) is 0 Å². The van der Waals surface area contributed by atoms with Crippen molar-refractivity contribution in [1.29, 1.82) is 0 Å². The number of rotatable bonds is 3. The fourth-order valence-electron chi connectivity index (χ4n) is 2.00. The minimum atomic E-state index is 0.541. The van der Waals surface area contributed by atoms with E-state index in [1.807, 2.05) is 37.3 Å². The van der Waals surface area contributed by atoms with Crippen molar-refractivity contribution in [3.8, 4) is 11.4 Å². The Morgan fingerprint density at radius 3 is 2.86 bits per heavy atom. The molecule has 0 aliphatic carbocycles. The van der Waals surface area contributed by atoms with Crippen molar-refractivity contribution in [2.75, 3.05) is 12.3 Å². The predicted octanol–water partition coefficient (Wildman–Crippen LogP) is 3.77. The third kappa shape index (κ3) is 2.71. The average Bonchev–Trinajstić information content (AvgIpc) is 2.89. The van der Waals surface area contributed by atoms with Crippen LogP contribution in [0.25, 0.3) is 16.7 Å². The zero-order valence-corrected chi connectivity index (χ0v) is 14.9. The van der Waals surface area contributed by atoms with Gasteiger partial charge in [-0.2, -0.15) is 4.80 Å². The van der Waals surface area contributed by atoms with E-state index in [4.69, 9.17) is 10.5 Å². The molecular weight excluding hydrogens is 447 g/mol. The normalized spacial score (nSPS) is 11.0. The Kier molecular flexibility index (Phi) is 4.03. The lowest BCUT2D eigenvalue weighted by Crippen LogP contribution is -1.98. The molecule has 0 saturated heterocycles. The van der Waals surface area contributed by atoms with Crippen LogP contribution in [0.2, 0.25) is 0 Å². The standard InChI is InChI=1S/C14H12BrIN4O/c1-2-21-11-7-10-14(12(15)13(11)17)19-20(18-10)9-5-3-4-8(16)6-9/h3-7H,2,17H2,1H3. The van der Waals surface area contributed by atoms with Crippen LogP contribution in [-0.4, -0.2) is 21.6 Å². The van der Waals surface area contributed by atoms with Crippen LogP contribution in [0.5, 0.6) is 5.75 Å². The van der Waals surface area contributed by atoms with Crippen molar-refractivity contribution < 1.29 is 4.74 Å². The van der Waals surface area contributed by atoms with Crippen LogP contribution in [0.3, 0.4) is 0 Å². The lowest BCUT2D eigenvalue weighted by molar-refractivity contribution is 0.342. The summed E-state index contributed by atoms with van der Waals surface area (Å²) in [5.41, 5.74) is 8.95. The molecule has 0 amide bonds. The third-order valence-electron chi connectivity index (χ3n) is 2.96. The zero-order chi connectivity index (χ0) is 15.0. The highest BCUT2D eigenvalue weighted by Gasteiger charge is 2.15.